The molecule has 0 N–H and O–H groups in total. The molecule has 1 aliphatic heterocycles. The van der Waals surface area contributed by atoms with Gasteiger partial charge in [0.25, 0.3) is 0 Å². The summed E-state index contributed by atoms with van der Waals surface area (Å²) in [4.78, 5) is 3.88. The Labute approximate surface area is 48.2 Å². The van der Waals surface area contributed by atoms with E-state index in [9.17, 15) is 0 Å². The van der Waals surface area contributed by atoms with Crippen LogP contribution in [-0.4, -0.2) is 6.40 Å². The van der Waals surface area contributed by atoms with Crippen LogP contribution in [0.2, 0.25) is 0 Å². The topological polar surface area (TPSA) is 21.6 Å². The van der Waals surface area contributed by atoms with E-state index in [1.165, 1.54) is 6.40 Å². The van der Waals surface area contributed by atoms with E-state index >= 15 is 0 Å². The van der Waals surface area contributed by atoms with Crippen LogP contribution in [0.5, 0.6) is 0 Å². The highest BCUT2D eigenvalue weighted by molar-refractivity contribution is 5.50. The van der Waals surface area contributed by atoms with Crippen molar-refractivity contribution in [2.75, 3.05) is 0 Å². The van der Waals surface area contributed by atoms with Crippen molar-refractivity contribution in [2.45, 2.75) is 6.92 Å². The van der Waals surface area contributed by atoms with Gasteiger partial charge in [0.15, 0.2) is 6.40 Å². The molecule has 0 atom stereocenters. The minimum absolute atomic E-state index is 0.957. The molecule has 42 valence electrons. The maximum Gasteiger partial charge on any atom is 0.180 e. The minimum atomic E-state index is 0.957. The average Bonchev–Trinajstić information content (AvgIpc) is 1.94. The Morgan fingerprint density at radius 3 is 3.38 bits per heavy atom. The van der Waals surface area contributed by atoms with E-state index in [0.717, 1.165) is 5.70 Å². The summed E-state index contributed by atoms with van der Waals surface area (Å²) in [5, 5.41) is 0. The van der Waals surface area contributed by atoms with Crippen molar-refractivity contribution >= 4 is 6.40 Å². The zero-order chi connectivity index (χ0) is 5.82. The molecule has 2 heteroatoms. The summed E-state index contributed by atoms with van der Waals surface area (Å²) in [5.74, 6) is 0. The van der Waals surface area contributed by atoms with Gasteiger partial charge in [-0.2, -0.15) is 0 Å². The van der Waals surface area contributed by atoms with E-state index in [4.69, 9.17) is 4.74 Å². The summed E-state index contributed by atoms with van der Waals surface area (Å²) in [6, 6.07) is 0. The monoisotopic (exact) mass is 109 g/mol. The Morgan fingerprint density at radius 2 is 2.50 bits per heavy atom. The number of hydrogen-bond donors (Lipinski definition) is 0. The molecule has 1 heterocycles. The molecule has 0 saturated heterocycles. The van der Waals surface area contributed by atoms with Gasteiger partial charge >= 0.3 is 0 Å². The van der Waals surface area contributed by atoms with E-state index < -0.39 is 0 Å². The predicted molar refractivity (Wildman–Crippen MR) is 32.5 cm³/mol. The first kappa shape index (κ1) is 5.09. The summed E-state index contributed by atoms with van der Waals surface area (Å²) in [6.07, 6.45) is 6.68. The molecular formula is C6H7NO. The highest BCUT2D eigenvalue weighted by atomic mass is 16.5. The maximum absolute atomic E-state index is 4.74. The third-order valence-electron chi connectivity index (χ3n) is 0.812. The quantitative estimate of drug-likeness (QED) is 0.461. The van der Waals surface area contributed by atoms with Gasteiger partial charge in [-0.3, -0.25) is 0 Å². The molecule has 0 aromatic carbocycles. The number of nitrogens with zero attached hydrogens (tertiary/aromatic N) is 1. The van der Waals surface area contributed by atoms with E-state index in [0.29, 0.717) is 0 Å². The van der Waals surface area contributed by atoms with Crippen LogP contribution in [-0.2, 0) is 4.74 Å². The first-order valence-electron chi connectivity index (χ1n) is 2.41. The fraction of sp³-hybridized carbons (Fsp3) is 0.167. The lowest BCUT2D eigenvalue weighted by atomic mass is 10.4. The van der Waals surface area contributed by atoms with Crippen LogP contribution < -0.4 is 0 Å². The Balaban J connectivity index is 2.73. The van der Waals surface area contributed by atoms with Gasteiger partial charge in [-0.05, 0) is 19.1 Å². The molecule has 0 aromatic heterocycles. The lowest BCUT2D eigenvalue weighted by Crippen LogP contribution is -1.71. The molecule has 0 aliphatic carbocycles. The Hall–Kier alpha value is -1.05. The predicted octanol–water partition coefficient (Wildman–Crippen LogP) is 1.46. The van der Waals surface area contributed by atoms with Crippen molar-refractivity contribution in [3.63, 3.8) is 0 Å². The van der Waals surface area contributed by atoms with Crippen LogP contribution in [0.1, 0.15) is 6.92 Å². The van der Waals surface area contributed by atoms with Gasteiger partial charge in [-0.15, -0.1) is 0 Å². The molecule has 1 rings (SSSR count). The lowest BCUT2D eigenvalue weighted by molar-refractivity contribution is 0.495. The van der Waals surface area contributed by atoms with Gasteiger partial charge < -0.3 is 4.74 Å². The van der Waals surface area contributed by atoms with Crippen molar-refractivity contribution in [2.24, 2.45) is 4.99 Å². The molecule has 0 radical (unpaired) electrons. The fourth-order valence-electron chi connectivity index (χ4n) is 0.416. The van der Waals surface area contributed by atoms with Gasteiger partial charge in [0.1, 0.15) is 0 Å². The molecule has 0 bridgehead atoms. The highest BCUT2D eigenvalue weighted by Gasteiger charge is 1.81. The molecule has 2 nitrogen and oxygen atoms in total. The van der Waals surface area contributed by atoms with Gasteiger partial charge in [0.2, 0.25) is 0 Å². The molecule has 0 saturated carbocycles. The Bertz CT molecular complexity index is 156. The van der Waals surface area contributed by atoms with Crippen molar-refractivity contribution in [3.8, 4) is 0 Å². The van der Waals surface area contributed by atoms with Crippen molar-refractivity contribution < 1.29 is 4.74 Å². The molecule has 8 heavy (non-hydrogen) atoms. The van der Waals surface area contributed by atoms with Crippen LogP contribution in [0.25, 0.3) is 0 Å². The normalized spacial score (nSPS) is 16.9. The van der Waals surface area contributed by atoms with Gasteiger partial charge in [-0.1, -0.05) is 0 Å². The highest BCUT2D eigenvalue weighted by Crippen LogP contribution is 1.96. The molecule has 0 aromatic rings. The first-order chi connectivity index (χ1) is 3.89. The van der Waals surface area contributed by atoms with Gasteiger partial charge in [0, 0.05) is 5.70 Å². The SMILES string of the molecule is CC1=CC=COC=N1. The summed E-state index contributed by atoms with van der Waals surface area (Å²) in [7, 11) is 0. The van der Waals surface area contributed by atoms with Crippen LogP contribution >= 0.6 is 0 Å². The molecule has 0 fully saturated rings. The molecule has 0 unspecified atom stereocenters. The second kappa shape index (κ2) is 2.31. The Morgan fingerprint density at radius 1 is 1.62 bits per heavy atom. The fourth-order valence-corrected chi connectivity index (χ4v) is 0.416. The van der Waals surface area contributed by atoms with E-state index in [2.05, 4.69) is 4.99 Å². The molecule has 0 spiro atoms. The Kier molecular flexibility index (Phi) is 1.47. The van der Waals surface area contributed by atoms with E-state index in [1.807, 2.05) is 19.1 Å². The second-order valence-electron chi connectivity index (χ2n) is 1.51. The average molecular weight is 109 g/mol. The van der Waals surface area contributed by atoms with E-state index in [1.54, 1.807) is 6.26 Å². The maximum atomic E-state index is 4.74. The summed E-state index contributed by atoms with van der Waals surface area (Å²) in [6.45, 7) is 1.91. The van der Waals surface area contributed by atoms with Crippen LogP contribution in [0.3, 0.4) is 0 Å². The smallest absolute Gasteiger partial charge is 0.180 e. The summed E-state index contributed by atoms with van der Waals surface area (Å²) >= 11 is 0. The standard InChI is InChI=1S/C6H7NO/c1-6-3-2-4-8-5-7-6/h2-5H,1H3. The summed E-state index contributed by atoms with van der Waals surface area (Å²) < 4.78 is 4.74. The zero-order valence-electron chi connectivity index (χ0n) is 4.66. The first-order valence-corrected chi connectivity index (χ1v) is 2.41. The van der Waals surface area contributed by atoms with Crippen LogP contribution in [0, 0.1) is 0 Å². The molecular weight excluding hydrogens is 102 g/mol. The number of rotatable bonds is 0. The van der Waals surface area contributed by atoms with Gasteiger partial charge in [0.05, 0.1) is 6.26 Å². The van der Waals surface area contributed by atoms with Crippen LogP contribution in [0.15, 0.2) is 29.1 Å². The largest absolute Gasteiger partial charge is 0.453 e. The number of allylic oxidation sites excluding steroid dienone is 3. The third-order valence-corrected chi connectivity index (χ3v) is 0.812. The van der Waals surface area contributed by atoms with Gasteiger partial charge in [-0.25, -0.2) is 4.99 Å². The second-order valence-corrected chi connectivity index (χ2v) is 1.51. The number of hydrogen-bond acceptors (Lipinski definition) is 2. The van der Waals surface area contributed by atoms with Crippen LogP contribution in [0.4, 0.5) is 0 Å². The number of ether oxygens (including phenoxy) is 1. The third kappa shape index (κ3) is 1.22. The van der Waals surface area contributed by atoms with E-state index in [-0.39, 0.29) is 0 Å². The minimum Gasteiger partial charge on any atom is -0.453 e. The lowest BCUT2D eigenvalue weighted by Gasteiger charge is -1.82. The zero-order valence-corrected chi connectivity index (χ0v) is 4.66. The van der Waals surface area contributed by atoms with Crippen molar-refractivity contribution in [1.29, 1.82) is 0 Å². The summed E-state index contributed by atoms with van der Waals surface area (Å²) in [5.41, 5.74) is 0.957. The van der Waals surface area contributed by atoms with Crippen molar-refractivity contribution in [3.05, 3.63) is 24.1 Å². The molecule has 1 aliphatic rings. The van der Waals surface area contributed by atoms with Crippen molar-refractivity contribution in [1.82, 2.24) is 0 Å². The molecule has 0 amide bonds. The number of aliphatic imine (C=N–C) groups is 1.